The van der Waals surface area contributed by atoms with Crippen molar-refractivity contribution in [1.82, 2.24) is 4.98 Å². The van der Waals surface area contributed by atoms with Gasteiger partial charge in [-0.05, 0) is 58.9 Å². The average Bonchev–Trinajstić information content (AvgIpc) is 2.85. The number of benzene rings is 2. The summed E-state index contributed by atoms with van der Waals surface area (Å²) in [5, 5.41) is 10.8. The smallest absolute Gasteiger partial charge is 0.354 e. The van der Waals surface area contributed by atoms with Gasteiger partial charge in [-0.3, -0.25) is 4.98 Å². The molecule has 0 bridgehead atoms. The highest BCUT2D eigenvalue weighted by Gasteiger charge is 2.22. The molecule has 2 heterocycles. The molecule has 0 atom stereocenters. The summed E-state index contributed by atoms with van der Waals surface area (Å²) in [6.07, 6.45) is 3.48. The maximum absolute atomic E-state index is 13.0. The van der Waals surface area contributed by atoms with Gasteiger partial charge in [-0.2, -0.15) is 0 Å². The molecule has 186 valence electrons. The Balaban J connectivity index is 1.58. The normalized spacial score (nSPS) is 11.6. The number of aromatic hydroxyl groups is 1. The summed E-state index contributed by atoms with van der Waals surface area (Å²) in [7, 11) is 0. The van der Waals surface area contributed by atoms with Gasteiger partial charge in [-0.1, -0.05) is 64.6 Å². The molecule has 0 radical (unpaired) electrons. The molecule has 0 spiro atoms. The Morgan fingerprint density at radius 2 is 1.81 bits per heavy atom. The van der Waals surface area contributed by atoms with E-state index in [9.17, 15) is 9.90 Å². The zero-order chi connectivity index (χ0) is 25.9. The van der Waals surface area contributed by atoms with Gasteiger partial charge in [-0.25, -0.2) is 4.79 Å². The second-order valence-corrected chi connectivity index (χ2v) is 11.1. The largest absolute Gasteiger partial charge is 0.506 e. The number of hydrogen-bond donors (Lipinski definition) is 1. The van der Waals surface area contributed by atoms with Crippen LogP contribution in [0.4, 0.5) is 0 Å². The predicted molar refractivity (Wildman–Crippen MR) is 144 cm³/mol. The van der Waals surface area contributed by atoms with E-state index in [2.05, 4.69) is 57.8 Å². The van der Waals surface area contributed by atoms with Crippen molar-refractivity contribution >= 4 is 11.8 Å². The molecule has 4 rings (SSSR count). The summed E-state index contributed by atoms with van der Waals surface area (Å²) in [4.78, 5) is 18.2. The van der Waals surface area contributed by atoms with Gasteiger partial charge in [0.15, 0.2) is 0 Å². The summed E-state index contributed by atoms with van der Waals surface area (Å²) in [5.74, 6) is 1.23. The first-order valence-corrected chi connectivity index (χ1v) is 12.7. The van der Waals surface area contributed by atoms with Crippen molar-refractivity contribution in [3.63, 3.8) is 0 Å². The molecule has 4 aromatic rings. The van der Waals surface area contributed by atoms with Crippen LogP contribution in [0.2, 0.25) is 0 Å². The van der Waals surface area contributed by atoms with Gasteiger partial charge in [0.1, 0.15) is 28.8 Å². The van der Waals surface area contributed by atoms with E-state index in [0.29, 0.717) is 29.6 Å². The van der Waals surface area contributed by atoms with E-state index in [1.165, 1.54) is 23.4 Å². The number of ether oxygens (including phenoxy) is 1. The van der Waals surface area contributed by atoms with Crippen LogP contribution in [-0.2, 0) is 12.0 Å². The molecule has 0 fully saturated rings. The van der Waals surface area contributed by atoms with Crippen molar-refractivity contribution in [2.75, 3.05) is 0 Å². The van der Waals surface area contributed by atoms with Crippen molar-refractivity contribution in [2.24, 2.45) is 0 Å². The van der Waals surface area contributed by atoms with E-state index in [1.807, 2.05) is 12.1 Å². The monoisotopic (exact) mass is 501 g/mol. The van der Waals surface area contributed by atoms with Crippen molar-refractivity contribution in [2.45, 2.75) is 62.3 Å². The lowest BCUT2D eigenvalue weighted by Crippen LogP contribution is -2.13. The Labute approximate surface area is 216 Å². The summed E-state index contributed by atoms with van der Waals surface area (Å²) in [6.45, 7) is 11.1. The summed E-state index contributed by atoms with van der Waals surface area (Å²) in [5.41, 5.74) is 3.25. The number of nitrogens with zero attached hydrogens (tertiary/aromatic N) is 1. The van der Waals surface area contributed by atoms with Crippen LogP contribution in [0.25, 0.3) is 11.3 Å². The second-order valence-electron chi connectivity index (χ2n) is 10.0. The summed E-state index contributed by atoms with van der Waals surface area (Å²) < 4.78 is 11.4. The third-order valence-corrected chi connectivity index (χ3v) is 6.99. The Morgan fingerprint density at radius 1 is 1.06 bits per heavy atom. The van der Waals surface area contributed by atoms with Gasteiger partial charge in [-0.15, -0.1) is 0 Å². The van der Waals surface area contributed by atoms with Gasteiger partial charge in [0, 0.05) is 34.5 Å². The molecule has 0 aliphatic heterocycles. The van der Waals surface area contributed by atoms with Crippen molar-refractivity contribution < 1.29 is 14.3 Å². The first-order valence-electron chi connectivity index (χ1n) is 11.9. The minimum absolute atomic E-state index is 0.0991. The highest BCUT2D eigenvalue weighted by Crippen LogP contribution is 2.40. The molecular weight excluding hydrogens is 470 g/mol. The van der Waals surface area contributed by atoms with Crippen LogP contribution in [0.3, 0.4) is 0 Å². The third kappa shape index (κ3) is 6.00. The minimum atomic E-state index is -0.568. The maximum atomic E-state index is 13.0. The zero-order valence-electron chi connectivity index (χ0n) is 21.2. The van der Waals surface area contributed by atoms with Crippen LogP contribution in [0, 0.1) is 0 Å². The first-order chi connectivity index (χ1) is 17.1. The molecule has 0 aliphatic carbocycles. The zero-order valence-corrected chi connectivity index (χ0v) is 22.1. The minimum Gasteiger partial charge on any atom is -0.506 e. The number of pyridine rings is 1. The van der Waals surface area contributed by atoms with Crippen molar-refractivity contribution in [3.05, 3.63) is 100 Å². The van der Waals surface area contributed by atoms with Crippen LogP contribution >= 0.6 is 11.8 Å². The molecule has 5 nitrogen and oxygen atoms in total. The average molecular weight is 502 g/mol. The van der Waals surface area contributed by atoms with E-state index in [1.54, 1.807) is 36.7 Å². The number of rotatable bonds is 7. The fourth-order valence-electron chi connectivity index (χ4n) is 3.78. The molecule has 2 aromatic heterocycles. The highest BCUT2D eigenvalue weighted by molar-refractivity contribution is 7.99. The Bertz CT molecular complexity index is 1390. The van der Waals surface area contributed by atoms with Crippen LogP contribution < -0.4 is 10.4 Å². The van der Waals surface area contributed by atoms with E-state index >= 15 is 0 Å². The Kier molecular flexibility index (Phi) is 7.55. The van der Waals surface area contributed by atoms with Crippen molar-refractivity contribution in [1.29, 1.82) is 0 Å². The lowest BCUT2D eigenvalue weighted by Gasteiger charge is -2.24. The fourth-order valence-corrected chi connectivity index (χ4v) is 4.97. The fraction of sp³-hybridized carbons (Fsp3) is 0.267. The molecular formula is C30H31NO4S. The van der Waals surface area contributed by atoms with Crippen LogP contribution in [0.5, 0.6) is 11.5 Å². The van der Waals surface area contributed by atoms with Crippen LogP contribution in [0.1, 0.15) is 57.2 Å². The van der Waals surface area contributed by atoms with Crippen LogP contribution in [-0.4, -0.2) is 10.1 Å². The topological polar surface area (TPSA) is 72.6 Å². The number of aromatic nitrogens is 1. The Hall–Kier alpha value is -3.51. The molecule has 2 aromatic carbocycles. The number of hydrogen-bond acceptors (Lipinski definition) is 6. The first kappa shape index (κ1) is 25.6. The van der Waals surface area contributed by atoms with E-state index in [-0.39, 0.29) is 16.1 Å². The summed E-state index contributed by atoms with van der Waals surface area (Å²) >= 11 is 1.26. The van der Waals surface area contributed by atoms with E-state index in [4.69, 9.17) is 9.15 Å². The SMILES string of the molecule is CC(C)c1ccc(C(C)(C)C)c(Sc2c(O)cc(-c3ccc(OCc4cccnc4)cc3)oc2=O)c1. The molecule has 6 heteroatoms. The van der Waals surface area contributed by atoms with Gasteiger partial charge in [0.05, 0.1) is 0 Å². The predicted octanol–water partition coefficient (Wildman–Crippen LogP) is 7.56. The van der Waals surface area contributed by atoms with E-state index < -0.39 is 5.63 Å². The standard InChI is InChI=1S/C30H31NO4S/c1-19(2)22-10-13-24(30(3,4)5)27(15-22)36-28-25(32)16-26(35-29(28)33)21-8-11-23(12-9-21)34-18-20-7-6-14-31-17-20/h6-17,19,32H,18H2,1-5H3. The lowest BCUT2D eigenvalue weighted by molar-refractivity contribution is 0.306. The highest BCUT2D eigenvalue weighted by atomic mass is 32.2. The van der Waals surface area contributed by atoms with Gasteiger partial charge < -0.3 is 14.3 Å². The maximum Gasteiger partial charge on any atom is 0.354 e. The molecule has 1 N–H and O–H groups in total. The van der Waals surface area contributed by atoms with Crippen LogP contribution in [0.15, 0.2) is 92.1 Å². The molecule has 0 aliphatic rings. The molecule has 0 unspecified atom stereocenters. The Morgan fingerprint density at radius 3 is 2.42 bits per heavy atom. The molecule has 0 saturated carbocycles. The third-order valence-electron chi connectivity index (χ3n) is 5.85. The van der Waals surface area contributed by atoms with Gasteiger partial charge in [0.25, 0.3) is 0 Å². The molecule has 36 heavy (non-hydrogen) atoms. The van der Waals surface area contributed by atoms with Gasteiger partial charge >= 0.3 is 5.63 Å². The molecule has 0 amide bonds. The van der Waals surface area contributed by atoms with Gasteiger partial charge in [0.2, 0.25) is 0 Å². The van der Waals surface area contributed by atoms with Crippen molar-refractivity contribution in [3.8, 4) is 22.8 Å². The van der Waals surface area contributed by atoms with E-state index in [0.717, 1.165) is 16.0 Å². The molecule has 0 saturated heterocycles. The quantitative estimate of drug-likeness (QED) is 0.282. The summed E-state index contributed by atoms with van der Waals surface area (Å²) in [6, 6.07) is 18.9. The lowest BCUT2D eigenvalue weighted by atomic mass is 9.85. The second kappa shape index (κ2) is 10.6.